The maximum Gasteiger partial charge on any atom is 0.126 e. The van der Waals surface area contributed by atoms with Gasteiger partial charge < -0.3 is 5.32 Å². The SMILES string of the molecule is Cc1cc(Cl)c(CCNCCCl)cc1F. The summed E-state index contributed by atoms with van der Waals surface area (Å²) in [7, 11) is 0. The Morgan fingerprint density at radius 3 is 2.73 bits per heavy atom. The molecule has 0 radical (unpaired) electrons. The number of nitrogens with one attached hydrogen (secondary N) is 1. The molecule has 0 heterocycles. The van der Waals surface area contributed by atoms with Crippen LogP contribution in [0.15, 0.2) is 12.1 Å². The number of hydrogen-bond donors (Lipinski definition) is 1. The van der Waals surface area contributed by atoms with Crippen LogP contribution in [0.3, 0.4) is 0 Å². The third kappa shape index (κ3) is 3.98. The van der Waals surface area contributed by atoms with Crippen molar-refractivity contribution in [3.05, 3.63) is 34.1 Å². The van der Waals surface area contributed by atoms with Crippen molar-refractivity contribution < 1.29 is 4.39 Å². The second kappa shape index (κ2) is 6.31. The lowest BCUT2D eigenvalue weighted by Gasteiger charge is -2.07. The van der Waals surface area contributed by atoms with E-state index in [2.05, 4.69) is 5.32 Å². The van der Waals surface area contributed by atoms with E-state index in [1.54, 1.807) is 13.0 Å². The van der Waals surface area contributed by atoms with Crippen LogP contribution in [0.2, 0.25) is 5.02 Å². The number of halogens is 3. The minimum absolute atomic E-state index is 0.202. The normalized spacial score (nSPS) is 10.7. The maximum atomic E-state index is 13.2. The number of benzene rings is 1. The van der Waals surface area contributed by atoms with Gasteiger partial charge in [-0.2, -0.15) is 0 Å². The highest BCUT2D eigenvalue weighted by Gasteiger charge is 2.05. The second-order valence-corrected chi connectivity index (χ2v) is 4.17. The third-order valence-electron chi connectivity index (χ3n) is 2.17. The second-order valence-electron chi connectivity index (χ2n) is 3.38. The minimum Gasteiger partial charge on any atom is -0.315 e. The zero-order chi connectivity index (χ0) is 11.3. The van der Waals surface area contributed by atoms with E-state index < -0.39 is 0 Å². The highest BCUT2D eigenvalue weighted by Crippen LogP contribution is 2.20. The van der Waals surface area contributed by atoms with Crippen molar-refractivity contribution in [3.63, 3.8) is 0 Å². The molecule has 1 rings (SSSR count). The number of aryl methyl sites for hydroxylation is 1. The summed E-state index contributed by atoms with van der Waals surface area (Å²) in [5.74, 6) is 0.377. The van der Waals surface area contributed by atoms with E-state index in [1.165, 1.54) is 6.07 Å². The smallest absolute Gasteiger partial charge is 0.126 e. The molecule has 84 valence electrons. The van der Waals surface area contributed by atoms with Gasteiger partial charge in [-0.3, -0.25) is 0 Å². The van der Waals surface area contributed by atoms with Gasteiger partial charge in [0.15, 0.2) is 0 Å². The summed E-state index contributed by atoms with van der Waals surface area (Å²) in [6, 6.07) is 3.16. The molecule has 0 unspecified atom stereocenters. The van der Waals surface area contributed by atoms with E-state index in [0.717, 1.165) is 18.7 Å². The first kappa shape index (κ1) is 12.8. The Morgan fingerprint density at radius 2 is 2.07 bits per heavy atom. The highest BCUT2D eigenvalue weighted by atomic mass is 35.5. The summed E-state index contributed by atoms with van der Waals surface area (Å²) in [5, 5.41) is 3.76. The molecule has 0 aliphatic rings. The standard InChI is InChI=1S/C11H14Cl2FN/c1-8-6-10(13)9(7-11(8)14)2-4-15-5-3-12/h6-7,15H,2-5H2,1H3. The van der Waals surface area contributed by atoms with Crippen LogP contribution in [0, 0.1) is 12.7 Å². The minimum atomic E-state index is -0.202. The van der Waals surface area contributed by atoms with Gasteiger partial charge in [-0.1, -0.05) is 11.6 Å². The summed E-state index contributed by atoms with van der Waals surface area (Å²) >= 11 is 11.5. The molecule has 0 saturated carbocycles. The zero-order valence-corrected chi connectivity index (χ0v) is 10.1. The van der Waals surface area contributed by atoms with Crippen LogP contribution in [0.4, 0.5) is 4.39 Å². The predicted octanol–water partition coefficient (Wildman–Crippen LogP) is 3.16. The Kier molecular flexibility index (Phi) is 5.37. The number of hydrogen-bond acceptors (Lipinski definition) is 1. The van der Waals surface area contributed by atoms with Crippen molar-refractivity contribution in [1.82, 2.24) is 5.32 Å². The highest BCUT2D eigenvalue weighted by molar-refractivity contribution is 6.31. The van der Waals surface area contributed by atoms with Crippen LogP contribution >= 0.6 is 23.2 Å². The Balaban J connectivity index is 2.57. The van der Waals surface area contributed by atoms with Gasteiger partial charge in [0.05, 0.1) is 0 Å². The van der Waals surface area contributed by atoms with Crippen LogP contribution in [-0.2, 0) is 6.42 Å². The molecule has 0 atom stereocenters. The van der Waals surface area contributed by atoms with Crippen molar-refractivity contribution in [3.8, 4) is 0 Å². The molecule has 0 fully saturated rings. The monoisotopic (exact) mass is 249 g/mol. The average Bonchev–Trinajstić information content (AvgIpc) is 2.20. The molecular weight excluding hydrogens is 236 g/mol. The van der Waals surface area contributed by atoms with Crippen LogP contribution in [0.1, 0.15) is 11.1 Å². The maximum absolute atomic E-state index is 13.2. The first-order valence-corrected chi connectivity index (χ1v) is 5.77. The summed E-state index contributed by atoms with van der Waals surface area (Å²) in [6.07, 6.45) is 0.715. The fraction of sp³-hybridized carbons (Fsp3) is 0.455. The fourth-order valence-electron chi connectivity index (χ4n) is 1.29. The predicted molar refractivity (Wildman–Crippen MR) is 63.4 cm³/mol. The van der Waals surface area contributed by atoms with Gasteiger partial charge in [0, 0.05) is 17.4 Å². The molecule has 0 aromatic heterocycles. The molecule has 0 bridgehead atoms. The van der Waals surface area contributed by atoms with Gasteiger partial charge >= 0.3 is 0 Å². The van der Waals surface area contributed by atoms with Gasteiger partial charge in [-0.05, 0) is 43.1 Å². The van der Waals surface area contributed by atoms with Gasteiger partial charge in [-0.15, -0.1) is 11.6 Å². The van der Waals surface area contributed by atoms with Crippen molar-refractivity contribution >= 4 is 23.2 Å². The Labute approximate surface area is 99.6 Å². The average molecular weight is 250 g/mol. The molecule has 0 saturated heterocycles. The van der Waals surface area contributed by atoms with Gasteiger partial charge in [0.2, 0.25) is 0 Å². The first-order chi connectivity index (χ1) is 7.15. The van der Waals surface area contributed by atoms with E-state index in [0.29, 0.717) is 22.9 Å². The number of rotatable bonds is 5. The zero-order valence-electron chi connectivity index (χ0n) is 8.62. The quantitative estimate of drug-likeness (QED) is 0.625. The molecule has 1 aromatic carbocycles. The summed E-state index contributed by atoms with van der Waals surface area (Å²) in [4.78, 5) is 0. The Hall–Kier alpha value is -0.310. The molecule has 0 aliphatic carbocycles. The summed E-state index contributed by atoms with van der Waals surface area (Å²) in [5.41, 5.74) is 1.42. The summed E-state index contributed by atoms with van der Waals surface area (Å²) < 4.78 is 13.2. The van der Waals surface area contributed by atoms with Crippen LogP contribution < -0.4 is 5.32 Å². The lowest BCUT2D eigenvalue weighted by molar-refractivity contribution is 0.614. The first-order valence-electron chi connectivity index (χ1n) is 4.86. The molecule has 1 aromatic rings. The van der Waals surface area contributed by atoms with Crippen LogP contribution in [0.25, 0.3) is 0 Å². The van der Waals surface area contributed by atoms with Crippen molar-refractivity contribution in [2.75, 3.05) is 19.0 Å². The molecular formula is C11H14Cl2FN. The lowest BCUT2D eigenvalue weighted by atomic mass is 10.1. The van der Waals surface area contributed by atoms with Crippen LogP contribution in [0.5, 0.6) is 0 Å². The Morgan fingerprint density at radius 1 is 1.33 bits per heavy atom. The van der Waals surface area contributed by atoms with E-state index in [9.17, 15) is 4.39 Å². The van der Waals surface area contributed by atoms with E-state index >= 15 is 0 Å². The topological polar surface area (TPSA) is 12.0 Å². The largest absolute Gasteiger partial charge is 0.315 e. The van der Waals surface area contributed by atoms with E-state index in [-0.39, 0.29) is 5.82 Å². The lowest BCUT2D eigenvalue weighted by Crippen LogP contribution is -2.19. The Bertz CT molecular complexity index is 329. The van der Waals surface area contributed by atoms with E-state index in [4.69, 9.17) is 23.2 Å². The van der Waals surface area contributed by atoms with Gasteiger partial charge in [0.25, 0.3) is 0 Å². The van der Waals surface area contributed by atoms with Crippen molar-refractivity contribution in [1.29, 1.82) is 0 Å². The molecule has 0 spiro atoms. The third-order valence-corrected chi connectivity index (χ3v) is 2.71. The molecule has 0 amide bonds. The van der Waals surface area contributed by atoms with Crippen molar-refractivity contribution in [2.24, 2.45) is 0 Å². The van der Waals surface area contributed by atoms with Crippen LogP contribution in [-0.4, -0.2) is 19.0 Å². The molecule has 15 heavy (non-hydrogen) atoms. The van der Waals surface area contributed by atoms with Gasteiger partial charge in [0.1, 0.15) is 5.82 Å². The van der Waals surface area contributed by atoms with Gasteiger partial charge in [-0.25, -0.2) is 4.39 Å². The summed E-state index contributed by atoms with van der Waals surface area (Å²) in [6.45, 7) is 3.22. The van der Waals surface area contributed by atoms with Crippen molar-refractivity contribution in [2.45, 2.75) is 13.3 Å². The van der Waals surface area contributed by atoms with E-state index in [1.807, 2.05) is 0 Å². The molecule has 0 aliphatic heterocycles. The molecule has 1 nitrogen and oxygen atoms in total. The fourth-order valence-corrected chi connectivity index (χ4v) is 1.74. The molecule has 1 N–H and O–H groups in total. The number of alkyl halides is 1. The molecule has 4 heteroatoms.